The maximum atomic E-state index is 13.8. The standard InChI is InChI=1S/C15H11FN4S/c1-18-15-19-14-10(5-3-7-13(14)21-20-15)9-4-2-6-12(16)11(9)8-17/h2-7H,1H3,(H2,18,19,20). The van der Waals surface area contributed by atoms with Crippen LogP contribution in [0.25, 0.3) is 11.1 Å². The smallest absolute Gasteiger partial charge is 0.207 e. The second-order valence-corrected chi connectivity index (χ2v) is 5.16. The number of fused-ring (bicyclic) bond motifs is 1. The second kappa shape index (κ2) is 5.46. The molecule has 0 atom stereocenters. The lowest BCUT2D eigenvalue weighted by Gasteiger charge is -2.20. The van der Waals surface area contributed by atoms with Gasteiger partial charge in [-0.25, -0.2) is 4.39 Å². The minimum atomic E-state index is -0.515. The third-order valence-corrected chi connectivity index (χ3v) is 3.97. The van der Waals surface area contributed by atoms with Gasteiger partial charge < -0.3 is 10.6 Å². The van der Waals surface area contributed by atoms with E-state index >= 15 is 0 Å². The highest BCUT2D eigenvalue weighted by molar-refractivity contribution is 7.98. The van der Waals surface area contributed by atoms with Crippen molar-refractivity contribution in [3.63, 3.8) is 0 Å². The Hall–Kier alpha value is -2.52. The molecule has 3 rings (SSSR count). The summed E-state index contributed by atoms with van der Waals surface area (Å²) in [5.74, 6) is 0.105. The predicted octanol–water partition coefficient (Wildman–Crippen LogP) is 3.37. The average Bonchev–Trinajstić information content (AvgIpc) is 2.53. The molecule has 4 nitrogen and oxygen atoms in total. The zero-order valence-electron chi connectivity index (χ0n) is 11.1. The number of nitrogens with one attached hydrogen (secondary N) is 2. The number of rotatable bonds is 1. The zero-order valence-corrected chi connectivity index (χ0v) is 12.0. The summed E-state index contributed by atoms with van der Waals surface area (Å²) in [6, 6.07) is 12.2. The number of hydrogen-bond donors (Lipinski definition) is 2. The van der Waals surface area contributed by atoms with Crippen molar-refractivity contribution < 1.29 is 4.39 Å². The molecule has 2 aromatic rings. The molecule has 0 saturated heterocycles. The van der Waals surface area contributed by atoms with Crippen LogP contribution < -0.4 is 10.6 Å². The van der Waals surface area contributed by atoms with Gasteiger partial charge in [-0.2, -0.15) is 9.66 Å². The van der Waals surface area contributed by atoms with Gasteiger partial charge in [-0.15, -0.1) is 0 Å². The van der Waals surface area contributed by atoms with Crippen molar-refractivity contribution in [2.24, 2.45) is 4.40 Å². The lowest BCUT2D eigenvalue weighted by Crippen LogP contribution is -2.28. The Morgan fingerprint density at radius 3 is 2.76 bits per heavy atom. The average molecular weight is 298 g/mol. The molecule has 0 aliphatic carbocycles. The van der Waals surface area contributed by atoms with Crippen molar-refractivity contribution in [1.82, 2.24) is 5.32 Å². The molecule has 0 fully saturated rings. The van der Waals surface area contributed by atoms with Gasteiger partial charge in [0.05, 0.1) is 16.1 Å². The lowest BCUT2D eigenvalue weighted by atomic mass is 9.98. The number of para-hydroxylation sites is 1. The van der Waals surface area contributed by atoms with Gasteiger partial charge in [0.25, 0.3) is 0 Å². The van der Waals surface area contributed by atoms with E-state index in [1.54, 1.807) is 19.2 Å². The highest BCUT2D eigenvalue weighted by Gasteiger charge is 2.19. The second-order valence-electron chi connectivity index (χ2n) is 4.36. The molecule has 1 aliphatic heterocycles. The third kappa shape index (κ3) is 2.32. The number of guanidine groups is 1. The fourth-order valence-electron chi connectivity index (χ4n) is 2.17. The normalized spacial score (nSPS) is 12.7. The van der Waals surface area contributed by atoms with E-state index in [0.717, 1.165) is 16.1 Å². The van der Waals surface area contributed by atoms with Crippen LogP contribution in [0.1, 0.15) is 5.56 Å². The number of benzene rings is 2. The summed E-state index contributed by atoms with van der Waals surface area (Å²) in [7, 11) is 1.77. The van der Waals surface area contributed by atoms with Gasteiger partial charge in [-0.05, 0) is 12.1 Å². The van der Waals surface area contributed by atoms with Crippen molar-refractivity contribution in [1.29, 1.82) is 5.26 Å². The molecule has 2 aromatic carbocycles. The van der Waals surface area contributed by atoms with Gasteiger partial charge in [0, 0.05) is 30.1 Å². The van der Waals surface area contributed by atoms with Crippen molar-refractivity contribution >= 4 is 23.6 Å². The topological polar surface area (TPSA) is 60.2 Å². The van der Waals surface area contributed by atoms with E-state index in [4.69, 9.17) is 0 Å². The largest absolute Gasteiger partial charge is 0.358 e. The summed E-state index contributed by atoms with van der Waals surface area (Å²) in [4.78, 5) is 0.930. The van der Waals surface area contributed by atoms with Crippen LogP contribution in [0.3, 0.4) is 0 Å². The molecule has 0 aromatic heterocycles. The third-order valence-electron chi connectivity index (χ3n) is 3.16. The molecule has 0 bridgehead atoms. The minimum absolute atomic E-state index is 0.0474. The quantitative estimate of drug-likeness (QED) is 0.792. The number of anilines is 1. The van der Waals surface area contributed by atoms with Gasteiger partial charge in [-0.1, -0.05) is 24.3 Å². The van der Waals surface area contributed by atoms with Crippen molar-refractivity contribution in [2.45, 2.75) is 4.90 Å². The summed E-state index contributed by atoms with van der Waals surface area (Å²) in [5, 5.41) is 15.3. The SMILES string of the molecule is CNC1=NSc2cccc(-c3cccc(F)c3C#N)c2N1. The Morgan fingerprint density at radius 1 is 1.24 bits per heavy atom. The first-order chi connectivity index (χ1) is 10.2. The van der Waals surface area contributed by atoms with E-state index in [2.05, 4.69) is 15.0 Å². The Bertz CT molecular complexity index is 780. The molecule has 0 radical (unpaired) electrons. The molecule has 6 heteroatoms. The molecular formula is C15H11FN4S. The Kier molecular flexibility index (Phi) is 3.50. The van der Waals surface area contributed by atoms with E-state index in [9.17, 15) is 9.65 Å². The van der Waals surface area contributed by atoms with Crippen LogP contribution in [0.5, 0.6) is 0 Å². The molecule has 0 amide bonds. The Balaban J connectivity index is 2.19. The first-order valence-corrected chi connectivity index (χ1v) is 7.03. The van der Waals surface area contributed by atoms with Crippen LogP contribution in [0.4, 0.5) is 10.1 Å². The predicted molar refractivity (Wildman–Crippen MR) is 82.5 cm³/mol. The lowest BCUT2D eigenvalue weighted by molar-refractivity contribution is 0.624. The van der Waals surface area contributed by atoms with Gasteiger partial charge in [0.1, 0.15) is 11.9 Å². The van der Waals surface area contributed by atoms with Crippen molar-refractivity contribution in [3.05, 3.63) is 47.8 Å². The molecule has 1 heterocycles. The van der Waals surface area contributed by atoms with Crippen molar-refractivity contribution in [3.8, 4) is 17.2 Å². The fourth-order valence-corrected chi connectivity index (χ4v) is 2.89. The maximum absolute atomic E-state index is 13.8. The van der Waals surface area contributed by atoms with Crippen molar-refractivity contribution in [2.75, 3.05) is 12.4 Å². The zero-order chi connectivity index (χ0) is 14.8. The molecule has 0 spiro atoms. The molecular weight excluding hydrogens is 287 g/mol. The summed E-state index contributed by atoms with van der Waals surface area (Å²) >= 11 is 1.33. The summed E-state index contributed by atoms with van der Waals surface area (Å²) in [6.45, 7) is 0. The van der Waals surface area contributed by atoms with Gasteiger partial charge >= 0.3 is 0 Å². The molecule has 21 heavy (non-hydrogen) atoms. The van der Waals surface area contributed by atoms with Crippen LogP contribution >= 0.6 is 11.9 Å². The minimum Gasteiger partial charge on any atom is -0.358 e. The molecule has 1 aliphatic rings. The maximum Gasteiger partial charge on any atom is 0.207 e. The van der Waals surface area contributed by atoms with Crippen LogP contribution in [-0.2, 0) is 0 Å². The Labute approximate surface area is 125 Å². The summed E-state index contributed by atoms with van der Waals surface area (Å²) in [6.07, 6.45) is 0. The fraction of sp³-hybridized carbons (Fsp3) is 0.0667. The summed E-state index contributed by atoms with van der Waals surface area (Å²) in [5.41, 5.74) is 2.22. The first-order valence-electron chi connectivity index (χ1n) is 6.26. The van der Waals surface area contributed by atoms with Crippen LogP contribution in [0.15, 0.2) is 45.7 Å². The van der Waals surface area contributed by atoms with Gasteiger partial charge in [0.2, 0.25) is 5.96 Å². The monoisotopic (exact) mass is 298 g/mol. The Morgan fingerprint density at radius 2 is 2.00 bits per heavy atom. The van der Waals surface area contributed by atoms with Crippen LogP contribution in [-0.4, -0.2) is 13.0 Å². The summed E-state index contributed by atoms with van der Waals surface area (Å²) < 4.78 is 18.1. The van der Waals surface area contributed by atoms with Crippen LogP contribution in [0.2, 0.25) is 0 Å². The van der Waals surface area contributed by atoms with Gasteiger partial charge in [-0.3, -0.25) is 0 Å². The highest BCUT2D eigenvalue weighted by atomic mass is 32.2. The number of halogens is 1. The first kappa shape index (κ1) is 13.5. The molecule has 0 saturated carbocycles. The number of nitrogens with zero attached hydrogens (tertiary/aromatic N) is 2. The van der Waals surface area contributed by atoms with Crippen LogP contribution in [0, 0.1) is 17.1 Å². The highest BCUT2D eigenvalue weighted by Crippen LogP contribution is 2.40. The van der Waals surface area contributed by atoms with E-state index in [0.29, 0.717) is 11.5 Å². The molecule has 104 valence electrons. The van der Waals surface area contributed by atoms with E-state index in [1.807, 2.05) is 24.3 Å². The molecule has 0 unspecified atom stereocenters. The number of hydrogen-bond acceptors (Lipinski definition) is 5. The van der Waals surface area contributed by atoms with E-state index in [-0.39, 0.29) is 5.56 Å². The van der Waals surface area contributed by atoms with E-state index in [1.165, 1.54) is 18.0 Å². The van der Waals surface area contributed by atoms with Gasteiger partial charge in [0.15, 0.2) is 0 Å². The number of nitriles is 1. The van der Waals surface area contributed by atoms with E-state index < -0.39 is 5.82 Å². The molecule has 2 N–H and O–H groups in total.